The Kier molecular flexibility index (Phi) is 4.31. The number of rotatable bonds is 4. The van der Waals surface area contributed by atoms with Gasteiger partial charge in [0, 0.05) is 6.26 Å². The molecule has 0 bridgehead atoms. The van der Waals surface area contributed by atoms with Gasteiger partial charge in [-0.15, -0.1) is 11.8 Å². The first-order valence-electron chi connectivity index (χ1n) is 4.28. The molecule has 0 heterocycles. The average Bonchev–Trinajstić information content (AvgIpc) is 2.16. The second-order valence-corrected chi connectivity index (χ2v) is 5.99. The van der Waals surface area contributed by atoms with Crippen molar-refractivity contribution in [1.82, 2.24) is 0 Å². The summed E-state index contributed by atoms with van der Waals surface area (Å²) in [5.41, 5.74) is 0.387. The number of hydrogen-bond acceptors (Lipinski definition) is 5. The highest BCUT2D eigenvalue weighted by atomic mass is 32.2. The van der Waals surface area contributed by atoms with E-state index in [4.69, 9.17) is 5.90 Å². The fourth-order valence-electron chi connectivity index (χ4n) is 1.27. The van der Waals surface area contributed by atoms with Crippen molar-refractivity contribution in [3.8, 4) is 0 Å². The third-order valence-electron chi connectivity index (χ3n) is 1.92. The van der Waals surface area contributed by atoms with Crippen molar-refractivity contribution in [2.75, 3.05) is 12.5 Å². The Hall–Kier alpha value is -0.630. The maximum absolute atomic E-state index is 13.6. The van der Waals surface area contributed by atoms with Crippen molar-refractivity contribution < 1.29 is 17.6 Å². The van der Waals surface area contributed by atoms with Crippen LogP contribution in [0.1, 0.15) is 5.56 Å². The molecule has 0 aliphatic carbocycles. The molecule has 0 fully saturated rings. The van der Waals surface area contributed by atoms with Crippen molar-refractivity contribution in [3.05, 3.63) is 23.5 Å². The highest BCUT2D eigenvalue weighted by Crippen LogP contribution is 2.29. The van der Waals surface area contributed by atoms with E-state index in [0.29, 0.717) is 5.56 Å². The third-order valence-corrected chi connectivity index (χ3v) is 4.00. The molecule has 0 saturated heterocycles. The van der Waals surface area contributed by atoms with Crippen LogP contribution in [-0.4, -0.2) is 20.9 Å². The van der Waals surface area contributed by atoms with Gasteiger partial charge in [0.2, 0.25) is 0 Å². The van der Waals surface area contributed by atoms with E-state index in [1.54, 1.807) is 6.26 Å². The van der Waals surface area contributed by atoms with Gasteiger partial charge in [0.05, 0.1) is 16.4 Å². The zero-order valence-corrected chi connectivity index (χ0v) is 10.5. The molecule has 90 valence electrons. The molecule has 2 N–H and O–H groups in total. The molecule has 0 radical (unpaired) electrons. The highest BCUT2D eigenvalue weighted by Gasteiger charge is 2.18. The van der Waals surface area contributed by atoms with Crippen LogP contribution >= 0.6 is 11.8 Å². The van der Waals surface area contributed by atoms with E-state index in [0.717, 1.165) is 18.0 Å². The molecule has 0 spiro atoms. The van der Waals surface area contributed by atoms with E-state index in [-0.39, 0.29) is 16.4 Å². The van der Waals surface area contributed by atoms with Gasteiger partial charge in [0.25, 0.3) is 0 Å². The fourth-order valence-corrected chi connectivity index (χ4v) is 3.29. The topological polar surface area (TPSA) is 69.4 Å². The maximum Gasteiger partial charge on any atom is 0.176 e. The molecule has 0 aliphatic rings. The zero-order valence-electron chi connectivity index (χ0n) is 8.86. The minimum absolute atomic E-state index is 0.0336. The van der Waals surface area contributed by atoms with E-state index in [2.05, 4.69) is 4.84 Å². The van der Waals surface area contributed by atoms with Crippen LogP contribution in [0.4, 0.5) is 4.39 Å². The minimum Gasteiger partial charge on any atom is -0.300 e. The first kappa shape index (κ1) is 13.4. The Morgan fingerprint density at radius 1 is 1.50 bits per heavy atom. The molecule has 0 aliphatic heterocycles. The molecule has 16 heavy (non-hydrogen) atoms. The van der Waals surface area contributed by atoms with Crippen molar-refractivity contribution in [2.45, 2.75) is 16.4 Å². The summed E-state index contributed by atoms with van der Waals surface area (Å²) < 4.78 is 36.5. The molecule has 7 heteroatoms. The molecule has 0 aromatic heterocycles. The number of hydrogen-bond donors (Lipinski definition) is 1. The van der Waals surface area contributed by atoms with Crippen molar-refractivity contribution >= 4 is 21.6 Å². The van der Waals surface area contributed by atoms with E-state index < -0.39 is 15.7 Å². The summed E-state index contributed by atoms with van der Waals surface area (Å²) >= 11 is 1.05. The lowest BCUT2D eigenvalue weighted by Crippen LogP contribution is -2.05. The SMILES string of the molecule is CSc1c(F)cc(CON)cc1S(C)(=O)=O. The van der Waals surface area contributed by atoms with Crippen molar-refractivity contribution in [1.29, 1.82) is 0 Å². The second kappa shape index (κ2) is 5.13. The highest BCUT2D eigenvalue weighted by molar-refractivity contribution is 7.99. The largest absolute Gasteiger partial charge is 0.300 e. The van der Waals surface area contributed by atoms with Crippen LogP contribution < -0.4 is 5.90 Å². The molecule has 0 saturated carbocycles. The summed E-state index contributed by atoms with van der Waals surface area (Å²) in [4.78, 5) is 4.43. The van der Waals surface area contributed by atoms with Gasteiger partial charge in [-0.1, -0.05) is 0 Å². The predicted molar refractivity (Wildman–Crippen MR) is 60.3 cm³/mol. The third kappa shape index (κ3) is 2.94. The number of benzene rings is 1. The van der Waals surface area contributed by atoms with E-state index in [1.807, 2.05) is 0 Å². The predicted octanol–water partition coefficient (Wildman–Crippen LogP) is 1.34. The lowest BCUT2D eigenvalue weighted by atomic mass is 10.2. The summed E-state index contributed by atoms with van der Waals surface area (Å²) in [5, 5.41) is 0. The normalized spacial score (nSPS) is 11.8. The summed E-state index contributed by atoms with van der Waals surface area (Å²) in [7, 11) is -3.47. The van der Waals surface area contributed by atoms with Gasteiger partial charge >= 0.3 is 0 Å². The van der Waals surface area contributed by atoms with Crippen LogP contribution in [0.2, 0.25) is 0 Å². The number of halogens is 1. The van der Waals surface area contributed by atoms with Crippen molar-refractivity contribution in [3.63, 3.8) is 0 Å². The van der Waals surface area contributed by atoms with Gasteiger partial charge in [0.1, 0.15) is 5.82 Å². The Bertz CT molecular complexity index is 488. The minimum atomic E-state index is -3.47. The molecule has 0 unspecified atom stereocenters. The van der Waals surface area contributed by atoms with Gasteiger partial charge in [-0.25, -0.2) is 18.7 Å². The molecule has 1 aromatic carbocycles. The number of nitrogens with two attached hydrogens (primary N) is 1. The first-order chi connectivity index (χ1) is 7.40. The Labute approximate surface area is 97.8 Å². The Morgan fingerprint density at radius 3 is 2.56 bits per heavy atom. The first-order valence-corrected chi connectivity index (χ1v) is 7.40. The molecule has 0 amide bonds. The average molecular weight is 265 g/mol. The Morgan fingerprint density at radius 2 is 2.12 bits per heavy atom. The number of sulfone groups is 1. The molecule has 1 rings (SSSR count). The molecular weight excluding hydrogens is 253 g/mol. The standard InChI is InChI=1S/C9H12FNO3S2/c1-15-9-7(10)3-6(5-14-11)4-8(9)16(2,12)13/h3-4H,5,11H2,1-2H3. The lowest BCUT2D eigenvalue weighted by molar-refractivity contribution is 0.123. The maximum atomic E-state index is 13.6. The second-order valence-electron chi connectivity index (χ2n) is 3.19. The molecule has 4 nitrogen and oxygen atoms in total. The summed E-state index contributed by atoms with van der Waals surface area (Å²) in [6.07, 6.45) is 2.65. The van der Waals surface area contributed by atoms with Crippen LogP contribution in [0.5, 0.6) is 0 Å². The summed E-state index contributed by atoms with van der Waals surface area (Å²) in [5.74, 6) is 4.28. The van der Waals surface area contributed by atoms with Crippen molar-refractivity contribution in [2.24, 2.45) is 5.90 Å². The number of thioether (sulfide) groups is 1. The van der Waals surface area contributed by atoms with Crippen LogP contribution in [0.15, 0.2) is 21.9 Å². The van der Waals surface area contributed by atoms with Crippen LogP contribution in [0.3, 0.4) is 0 Å². The van der Waals surface area contributed by atoms with Gasteiger partial charge in [0.15, 0.2) is 9.84 Å². The van der Waals surface area contributed by atoms with E-state index in [9.17, 15) is 12.8 Å². The van der Waals surface area contributed by atoms with Gasteiger partial charge in [-0.2, -0.15) is 0 Å². The van der Waals surface area contributed by atoms with Crippen LogP contribution in [0.25, 0.3) is 0 Å². The van der Waals surface area contributed by atoms with E-state index in [1.165, 1.54) is 12.1 Å². The van der Waals surface area contributed by atoms with Gasteiger partial charge in [-0.3, -0.25) is 4.84 Å². The fraction of sp³-hybridized carbons (Fsp3) is 0.333. The van der Waals surface area contributed by atoms with Gasteiger partial charge in [-0.05, 0) is 24.0 Å². The molecule has 0 atom stereocenters. The molecular formula is C9H12FNO3S2. The quantitative estimate of drug-likeness (QED) is 0.657. The summed E-state index contributed by atoms with van der Waals surface area (Å²) in [6, 6.07) is 2.59. The van der Waals surface area contributed by atoms with Gasteiger partial charge < -0.3 is 0 Å². The smallest absolute Gasteiger partial charge is 0.176 e. The van der Waals surface area contributed by atoms with Crippen LogP contribution in [-0.2, 0) is 21.3 Å². The van der Waals surface area contributed by atoms with E-state index >= 15 is 0 Å². The zero-order chi connectivity index (χ0) is 12.3. The Balaban J connectivity index is 3.43. The molecule has 1 aromatic rings. The summed E-state index contributed by atoms with van der Waals surface area (Å²) in [6.45, 7) is -0.0336. The monoisotopic (exact) mass is 265 g/mol. The van der Waals surface area contributed by atoms with Crippen LogP contribution in [0, 0.1) is 5.82 Å². The lowest BCUT2D eigenvalue weighted by Gasteiger charge is -2.09.